The zero-order valence-corrected chi connectivity index (χ0v) is 14.3. The molecule has 2 heterocycles. The molecule has 4 rings (SSSR count). The molecule has 124 valence electrons. The highest BCUT2D eigenvalue weighted by Gasteiger charge is 2.13. The van der Waals surface area contributed by atoms with Crippen LogP contribution in [0, 0.1) is 0 Å². The van der Waals surface area contributed by atoms with Crippen LogP contribution in [0.25, 0.3) is 22.1 Å². The quantitative estimate of drug-likeness (QED) is 0.444. The molecule has 0 radical (unpaired) electrons. The average molecular weight is 351 g/mol. The monoisotopic (exact) mass is 350 g/mol. The van der Waals surface area contributed by atoms with Crippen LogP contribution in [0.4, 0.5) is 5.95 Å². The van der Waals surface area contributed by atoms with Crippen LogP contribution < -0.4 is 5.43 Å². The summed E-state index contributed by atoms with van der Waals surface area (Å²) in [7, 11) is 0. The molecule has 0 fully saturated rings. The number of halogens is 1. The molecular weight excluding hydrogens is 336 g/mol. The molecule has 0 saturated heterocycles. The summed E-state index contributed by atoms with van der Waals surface area (Å²) in [6, 6.07) is 15.5. The third kappa shape index (κ3) is 2.92. The number of hydrogen-bond acceptors (Lipinski definition) is 5. The van der Waals surface area contributed by atoms with E-state index in [1.807, 2.05) is 42.5 Å². The lowest BCUT2D eigenvalue weighted by atomic mass is 10.2. The standard InChI is InChI=1S/C18H15ClN6/c1-2-25-15-6-4-3-5-14(15)16-17(25)21-18(24-22-16)23-20-11-12-7-9-13(19)10-8-12/h3-11H,2H2,1H3,(H,21,23,24)/b20-11+. The molecule has 6 nitrogen and oxygen atoms in total. The summed E-state index contributed by atoms with van der Waals surface area (Å²) in [6.45, 7) is 2.88. The van der Waals surface area contributed by atoms with Gasteiger partial charge in [-0.1, -0.05) is 41.9 Å². The number of aromatic nitrogens is 4. The minimum Gasteiger partial charge on any atom is -0.324 e. The van der Waals surface area contributed by atoms with Crippen molar-refractivity contribution in [2.45, 2.75) is 13.5 Å². The number of aryl methyl sites for hydroxylation is 1. The first-order valence-electron chi connectivity index (χ1n) is 7.92. The highest BCUT2D eigenvalue weighted by Crippen LogP contribution is 2.25. The van der Waals surface area contributed by atoms with Crippen LogP contribution in [0.2, 0.25) is 5.02 Å². The van der Waals surface area contributed by atoms with Crippen LogP contribution in [0.1, 0.15) is 12.5 Å². The molecular formula is C18H15ClN6. The molecule has 25 heavy (non-hydrogen) atoms. The molecule has 0 unspecified atom stereocenters. The fraction of sp³-hybridized carbons (Fsp3) is 0.111. The van der Waals surface area contributed by atoms with Gasteiger partial charge < -0.3 is 4.57 Å². The van der Waals surface area contributed by atoms with Crippen molar-refractivity contribution in [2.75, 3.05) is 5.43 Å². The Bertz CT molecular complexity index is 1070. The molecule has 0 aliphatic carbocycles. The first-order valence-corrected chi connectivity index (χ1v) is 8.30. The Morgan fingerprint density at radius 3 is 2.72 bits per heavy atom. The van der Waals surface area contributed by atoms with E-state index in [1.54, 1.807) is 6.21 Å². The summed E-state index contributed by atoms with van der Waals surface area (Å²) in [5.74, 6) is 0.357. The van der Waals surface area contributed by atoms with Crippen molar-refractivity contribution in [3.05, 3.63) is 59.1 Å². The fourth-order valence-electron chi connectivity index (χ4n) is 2.78. The Balaban J connectivity index is 1.67. The zero-order chi connectivity index (χ0) is 17.2. The largest absolute Gasteiger partial charge is 0.324 e. The minimum atomic E-state index is 0.357. The zero-order valence-electron chi connectivity index (χ0n) is 13.5. The third-order valence-corrected chi connectivity index (χ3v) is 4.19. The normalized spacial score (nSPS) is 11.6. The number of benzene rings is 2. The molecule has 0 aliphatic rings. The molecule has 0 saturated carbocycles. The van der Waals surface area contributed by atoms with Crippen LogP contribution in [-0.4, -0.2) is 26.0 Å². The van der Waals surface area contributed by atoms with Gasteiger partial charge in [-0.05, 0) is 30.7 Å². The second-order valence-corrected chi connectivity index (χ2v) is 5.93. The molecule has 0 bridgehead atoms. The first-order chi connectivity index (χ1) is 12.3. The third-order valence-electron chi connectivity index (χ3n) is 3.94. The molecule has 1 N–H and O–H groups in total. The lowest BCUT2D eigenvalue weighted by molar-refractivity contribution is 0.811. The Morgan fingerprint density at radius 2 is 1.92 bits per heavy atom. The van der Waals surface area contributed by atoms with Gasteiger partial charge in [0.05, 0.1) is 11.7 Å². The second-order valence-electron chi connectivity index (χ2n) is 5.49. The SMILES string of the molecule is CCn1c2ccccc2c2nnc(N/N=C/c3ccc(Cl)cc3)nc21. The fourth-order valence-corrected chi connectivity index (χ4v) is 2.91. The predicted molar refractivity (Wildman–Crippen MR) is 101 cm³/mol. The number of nitrogens with zero attached hydrogens (tertiary/aromatic N) is 5. The smallest absolute Gasteiger partial charge is 0.265 e. The highest BCUT2D eigenvalue weighted by molar-refractivity contribution is 6.30. The van der Waals surface area contributed by atoms with Gasteiger partial charge in [-0.2, -0.15) is 10.1 Å². The first kappa shape index (κ1) is 15.5. The van der Waals surface area contributed by atoms with E-state index in [2.05, 4.69) is 43.3 Å². The predicted octanol–water partition coefficient (Wildman–Crippen LogP) is 4.10. The van der Waals surface area contributed by atoms with Crippen molar-refractivity contribution < 1.29 is 0 Å². The van der Waals surface area contributed by atoms with Gasteiger partial charge in [0.1, 0.15) is 5.52 Å². The lowest BCUT2D eigenvalue weighted by Gasteiger charge is -2.02. The van der Waals surface area contributed by atoms with Gasteiger partial charge >= 0.3 is 0 Å². The van der Waals surface area contributed by atoms with E-state index in [9.17, 15) is 0 Å². The molecule has 0 aliphatic heterocycles. The maximum absolute atomic E-state index is 5.87. The summed E-state index contributed by atoms with van der Waals surface area (Å²) in [4.78, 5) is 4.57. The molecule has 0 spiro atoms. The lowest BCUT2D eigenvalue weighted by Crippen LogP contribution is -2.02. The van der Waals surface area contributed by atoms with E-state index in [4.69, 9.17) is 11.6 Å². The van der Waals surface area contributed by atoms with Crippen molar-refractivity contribution >= 4 is 45.8 Å². The van der Waals surface area contributed by atoms with E-state index < -0.39 is 0 Å². The summed E-state index contributed by atoms with van der Waals surface area (Å²) >= 11 is 5.87. The molecule has 2 aromatic heterocycles. The number of para-hydroxylation sites is 1. The van der Waals surface area contributed by atoms with Gasteiger partial charge in [-0.15, -0.1) is 10.2 Å². The summed E-state index contributed by atoms with van der Waals surface area (Å²) in [5, 5.41) is 14.4. The van der Waals surface area contributed by atoms with Crippen molar-refractivity contribution in [1.82, 2.24) is 19.7 Å². The Labute approximate surface area is 149 Å². The topological polar surface area (TPSA) is 68.0 Å². The second kappa shape index (κ2) is 6.49. The number of hydrazone groups is 1. The Kier molecular flexibility index (Phi) is 4.03. The number of anilines is 1. The van der Waals surface area contributed by atoms with Gasteiger partial charge in [-0.3, -0.25) is 0 Å². The van der Waals surface area contributed by atoms with E-state index >= 15 is 0 Å². The summed E-state index contributed by atoms with van der Waals surface area (Å²) < 4.78 is 2.12. The Morgan fingerprint density at radius 1 is 1.12 bits per heavy atom. The van der Waals surface area contributed by atoms with Crippen molar-refractivity contribution in [3.8, 4) is 0 Å². The van der Waals surface area contributed by atoms with Crippen molar-refractivity contribution in [2.24, 2.45) is 5.10 Å². The maximum atomic E-state index is 5.87. The summed E-state index contributed by atoms with van der Waals surface area (Å²) in [5.41, 5.74) is 6.45. The van der Waals surface area contributed by atoms with E-state index in [1.165, 1.54) is 0 Å². The van der Waals surface area contributed by atoms with E-state index in [-0.39, 0.29) is 0 Å². The summed E-state index contributed by atoms with van der Waals surface area (Å²) in [6.07, 6.45) is 1.68. The minimum absolute atomic E-state index is 0.357. The molecule has 0 amide bonds. The van der Waals surface area contributed by atoms with Crippen LogP contribution in [0.15, 0.2) is 53.6 Å². The number of rotatable bonds is 4. The van der Waals surface area contributed by atoms with E-state index in [0.29, 0.717) is 11.0 Å². The highest BCUT2D eigenvalue weighted by atomic mass is 35.5. The number of hydrogen-bond donors (Lipinski definition) is 1. The van der Waals surface area contributed by atoms with Crippen LogP contribution in [-0.2, 0) is 6.54 Å². The van der Waals surface area contributed by atoms with Gasteiger partial charge in [0.2, 0.25) is 0 Å². The average Bonchev–Trinajstić information content (AvgIpc) is 2.96. The van der Waals surface area contributed by atoms with Crippen LogP contribution in [0.3, 0.4) is 0 Å². The van der Waals surface area contributed by atoms with Gasteiger partial charge in [0, 0.05) is 17.0 Å². The number of fused-ring (bicyclic) bond motifs is 3. The van der Waals surface area contributed by atoms with Gasteiger partial charge in [-0.25, -0.2) is 5.43 Å². The van der Waals surface area contributed by atoms with Crippen molar-refractivity contribution in [1.29, 1.82) is 0 Å². The van der Waals surface area contributed by atoms with Crippen LogP contribution >= 0.6 is 11.6 Å². The Hall–Kier alpha value is -2.99. The van der Waals surface area contributed by atoms with Crippen molar-refractivity contribution in [3.63, 3.8) is 0 Å². The molecule has 0 atom stereocenters. The maximum Gasteiger partial charge on any atom is 0.265 e. The van der Waals surface area contributed by atoms with Gasteiger partial charge in [0.15, 0.2) is 5.65 Å². The molecule has 7 heteroatoms. The van der Waals surface area contributed by atoms with Crippen LogP contribution in [0.5, 0.6) is 0 Å². The number of nitrogens with one attached hydrogen (secondary N) is 1. The molecule has 2 aromatic carbocycles. The van der Waals surface area contributed by atoms with Gasteiger partial charge in [0.25, 0.3) is 5.95 Å². The van der Waals surface area contributed by atoms with E-state index in [0.717, 1.165) is 34.2 Å². The molecule has 4 aromatic rings.